The molecule has 0 saturated heterocycles. The van der Waals surface area contributed by atoms with Crippen LogP contribution in [0.2, 0.25) is 0 Å². The van der Waals surface area contributed by atoms with Crippen LogP contribution in [-0.2, 0) is 0 Å². The molecule has 3 aromatic rings. The van der Waals surface area contributed by atoms with Crippen molar-refractivity contribution in [1.29, 1.82) is 0 Å². The van der Waals surface area contributed by atoms with Crippen molar-refractivity contribution >= 4 is 16.5 Å². The lowest BCUT2D eigenvalue weighted by Gasteiger charge is -2.05. The number of hydrogen-bond acceptors (Lipinski definition) is 4. The van der Waals surface area contributed by atoms with Gasteiger partial charge in [-0.15, -0.1) is 0 Å². The van der Waals surface area contributed by atoms with Gasteiger partial charge in [-0.1, -0.05) is 18.2 Å². The largest absolute Gasteiger partial charge is 0.279 e. The molecule has 0 bridgehead atoms. The number of aromatic nitrogens is 2. The van der Waals surface area contributed by atoms with Crippen LogP contribution in [0.4, 0.5) is 5.69 Å². The number of nitrogens with zero attached hydrogens (tertiary/aromatic N) is 3. The molecule has 6 heteroatoms. The van der Waals surface area contributed by atoms with Crippen LogP contribution in [0.1, 0.15) is 0 Å². The Morgan fingerprint density at radius 3 is 2.55 bits per heavy atom. The Morgan fingerprint density at radius 1 is 1.10 bits per heavy atom. The standard InChI is InChI=1S/C14H9N3O3/c18-14-13-7-6-12(17(19)20)8-10(13)9-15-16(14)11-4-2-1-3-5-11/h1-9H. The van der Waals surface area contributed by atoms with Crippen molar-refractivity contribution in [3.05, 3.63) is 75.2 Å². The second kappa shape index (κ2) is 4.58. The van der Waals surface area contributed by atoms with Crippen molar-refractivity contribution in [1.82, 2.24) is 9.78 Å². The van der Waals surface area contributed by atoms with Gasteiger partial charge in [0.05, 0.1) is 22.2 Å². The van der Waals surface area contributed by atoms with E-state index in [-0.39, 0.29) is 11.2 Å². The summed E-state index contributed by atoms with van der Waals surface area (Å²) in [5, 5.41) is 15.6. The molecule has 0 unspecified atom stereocenters. The molecule has 6 nitrogen and oxygen atoms in total. The molecule has 98 valence electrons. The molecule has 20 heavy (non-hydrogen) atoms. The van der Waals surface area contributed by atoms with Crippen molar-refractivity contribution in [3.8, 4) is 5.69 Å². The number of non-ortho nitro benzene ring substituents is 1. The lowest BCUT2D eigenvalue weighted by Crippen LogP contribution is -2.20. The second-order valence-corrected chi connectivity index (χ2v) is 4.23. The Kier molecular flexibility index (Phi) is 2.76. The van der Waals surface area contributed by atoms with Crippen LogP contribution in [-0.4, -0.2) is 14.7 Å². The molecular formula is C14H9N3O3. The fraction of sp³-hybridized carbons (Fsp3) is 0. The van der Waals surface area contributed by atoms with Crippen LogP contribution < -0.4 is 5.56 Å². The van der Waals surface area contributed by atoms with E-state index in [1.807, 2.05) is 18.2 Å². The van der Waals surface area contributed by atoms with Crippen LogP contribution in [0.25, 0.3) is 16.5 Å². The normalized spacial score (nSPS) is 10.6. The molecule has 0 aliphatic rings. The molecule has 0 aliphatic heterocycles. The summed E-state index contributed by atoms with van der Waals surface area (Å²) in [7, 11) is 0. The molecule has 0 aliphatic carbocycles. The molecular weight excluding hydrogens is 258 g/mol. The van der Waals surface area contributed by atoms with Crippen LogP contribution in [0.15, 0.2) is 59.5 Å². The molecule has 0 saturated carbocycles. The number of fused-ring (bicyclic) bond motifs is 1. The zero-order valence-electron chi connectivity index (χ0n) is 10.3. The Hall–Kier alpha value is -3.02. The van der Waals surface area contributed by atoms with E-state index in [4.69, 9.17) is 0 Å². The van der Waals surface area contributed by atoms with Gasteiger partial charge >= 0.3 is 0 Å². The predicted octanol–water partition coefficient (Wildman–Crippen LogP) is 2.29. The third-order valence-electron chi connectivity index (χ3n) is 2.98. The Balaban J connectivity index is 2.25. The van der Waals surface area contributed by atoms with Crippen molar-refractivity contribution in [2.75, 3.05) is 0 Å². The third-order valence-corrected chi connectivity index (χ3v) is 2.98. The Bertz CT molecular complexity index is 856. The molecule has 2 aromatic carbocycles. The van der Waals surface area contributed by atoms with Gasteiger partial charge in [-0.25, -0.2) is 0 Å². The van der Waals surface area contributed by atoms with Crippen LogP contribution >= 0.6 is 0 Å². The highest BCUT2D eigenvalue weighted by atomic mass is 16.6. The first-order chi connectivity index (χ1) is 9.66. The predicted molar refractivity (Wildman–Crippen MR) is 74.0 cm³/mol. The van der Waals surface area contributed by atoms with Gasteiger partial charge in [0.25, 0.3) is 11.2 Å². The Morgan fingerprint density at radius 2 is 1.85 bits per heavy atom. The van der Waals surface area contributed by atoms with Gasteiger partial charge < -0.3 is 0 Å². The van der Waals surface area contributed by atoms with Crippen molar-refractivity contribution in [2.45, 2.75) is 0 Å². The molecule has 0 atom stereocenters. The van der Waals surface area contributed by atoms with E-state index in [1.165, 1.54) is 29.1 Å². The molecule has 1 heterocycles. The summed E-state index contributed by atoms with van der Waals surface area (Å²) >= 11 is 0. The van der Waals surface area contributed by atoms with Crippen LogP contribution in [0.3, 0.4) is 0 Å². The zero-order valence-corrected chi connectivity index (χ0v) is 10.3. The fourth-order valence-electron chi connectivity index (χ4n) is 2.00. The van der Waals surface area contributed by atoms with E-state index in [2.05, 4.69) is 5.10 Å². The number of benzene rings is 2. The van der Waals surface area contributed by atoms with Crippen molar-refractivity contribution < 1.29 is 4.92 Å². The molecule has 0 amide bonds. The summed E-state index contributed by atoms with van der Waals surface area (Å²) in [6, 6.07) is 13.1. The first-order valence-electron chi connectivity index (χ1n) is 5.89. The minimum absolute atomic E-state index is 0.0591. The maximum atomic E-state index is 12.3. The second-order valence-electron chi connectivity index (χ2n) is 4.23. The average Bonchev–Trinajstić information content (AvgIpc) is 2.48. The molecule has 0 fully saturated rings. The van der Waals surface area contributed by atoms with E-state index < -0.39 is 4.92 Å². The smallest absolute Gasteiger partial charge is 0.267 e. The molecule has 0 N–H and O–H groups in total. The number of para-hydroxylation sites is 1. The number of hydrogen-bond donors (Lipinski definition) is 0. The van der Waals surface area contributed by atoms with Crippen LogP contribution in [0, 0.1) is 10.1 Å². The maximum Gasteiger partial charge on any atom is 0.279 e. The van der Waals surface area contributed by atoms with E-state index in [0.717, 1.165) is 0 Å². The minimum Gasteiger partial charge on any atom is -0.267 e. The zero-order chi connectivity index (χ0) is 14.1. The number of nitro benzene ring substituents is 1. The molecule has 0 radical (unpaired) electrons. The van der Waals surface area contributed by atoms with Gasteiger partial charge in [0.1, 0.15) is 0 Å². The molecule has 3 rings (SSSR count). The summed E-state index contributed by atoms with van der Waals surface area (Å²) in [6.45, 7) is 0. The highest BCUT2D eigenvalue weighted by Crippen LogP contribution is 2.17. The van der Waals surface area contributed by atoms with Gasteiger partial charge in [0, 0.05) is 17.5 Å². The Labute approximate surface area is 113 Å². The molecule has 1 aromatic heterocycles. The fourth-order valence-corrected chi connectivity index (χ4v) is 2.00. The number of rotatable bonds is 2. The summed E-state index contributed by atoms with van der Waals surface area (Å²) < 4.78 is 1.27. The monoisotopic (exact) mass is 267 g/mol. The highest BCUT2D eigenvalue weighted by molar-refractivity contribution is 5.83. The minimum atomic E-state index is -0.498. The first kappa shape index (κ1) is 12.0. The summed E-state index contributed by atoms with van der Waals surface area (Å²) in [5.74, 6) is 0. The lowest BCUT2D eigenvalue weighted by atomic mass is 10.2. The SMILES string of the molecule is O=c1c2ccc([N+](=O)[O-])cc2cnn1-c1ccccc1. The maximum absolute atomic E-state index is 12.3. The van der Waals surface area contributed by atoms with Crippen LogP contribution in [0.5, 0.6) is 0 Å². The highest BCUT2D eigenvalue weighted by Gasteiger charge is 2.10. The van der Waals surface area contributed by atoms with Crippen molar-refractivity contribution in [3.63, 3.8) is 0 Å². The lowest BCUT2D eigenvalue weighted by molar-refractivity contribution is -0.384. The number of nitro groups is 1. The van der Waals surface area contributed by atoms with E-state index >= 15 is 0 Å². The van der Waals surface area contributed by atoms with Gasteiger partial charge in [-0.3, -0.25) is 14.9 Å². The van der Waals surface area contributed by atoms with Gasteiger partial charge in [0.15, 0.2) is 0 Å². The van der Waals surface area contributed by atoms with E-state index in [1.54, 1.807) is 12.1 Å². The summed E-state index contributed by atoms with van der Waals surface area (Å²) in [4.78, 5) is 22.6. The van der Waals surface area contributed by atoms with Gasteiger partial charge in [-0.05, 0) is 18.2 Å². The van der Waals surface area contributed by atoms with Crippen molar-refractivity contribution in [2.24, 2.45) is 0 Å². The van der Waals surface area contributed by atoms with E-state index in [0.29, 0.717) is 16.5 Å². The summed E-state index contributed by atoms with van der Waals surface area (Å²) in [5.41, 5.74) is 0.289. The van der Waals surface area contributed by atoms with Gasteiger partial charge in [-0.2, -0.15) is 9.78 Å². The van der Waals surface area contributed by atoms with Gasteiger partial charge in [0.2, 0.25) is 0 Å². The van der Waals surface area contributed by atoms with E-state index in [9.17, 15) is 14.9 Å². The molecule has 0 spiro atoms. The quantitative estimate of drug-likeness (QED) is 0.527. The first-order valence-corrected chi connectivity index (χ1v) is 5.89. The topological polar surface area (TPSA) is 78.0 Å². The third kappa shape index (κ3) is 1.93. The average molecular weight is 267 g/mol. The summed E-state index contributed by atoms with van der Waals surface area (Å²) in [6.07, 6.45) is 1.46.